The number of halogens is 3. The first-order valence-electron chi connectivity index (χ1n) is 7.86. The molecule has 1 fully saturated rings. The van der Waals surface area contributed by atoms with Crippen LogP contribution in [0.2, 0.25) is 0 Å². The first kappa shape index (κ1) is 15.8. The third-order valence-electron chi connectivity index (χ3n) is 4.48. The molecular formula is C18H14F3NO3. The van der Waals surface area contributed by atoms with E-state index < -0.39 is 34.5 Å². The molecule has 0 aromatic heterocycles. The van der Waals surface area contributed by atoms with Gasteiger partial charge in [-0.1, -0.05) is 6.07 Å². The molecule has 2 aliphatic rings. The molecule has 0 atom stereocenters. The molecule has 2 aromatic carbocycles. The minimum atomic E-state index is -1.66. The van der Waals surface area contributed by atoms with Crippen molar-refractivity contribution in [3.63, 3.8) is 0 Å². The molecule has 0 bridgehead atoms. The molecule has 1 aliphatic carbocycles. The van der Waals surface area contributed by atoms with E-state index in [9.17, 15) is 18.0 Å². The number of fused-ring (bicyclic) bond motifs is 1. The Bertz CT molecular complexity index is 865. The molecule has 4 nitrogen and oxygen atoms in total. The van der Waals surface area contributed by atoms with Gasteiger partial charge in [0.25, 0.3) is 5.91 Å². The molecule has 1 aliphatic heterocycles. The Morgan fingerprint density at radius 1 is 0.960 bits per heavy atom. The van der Waals surface area contributed by atoms with E-state index in [-0.39, 0.29) is 0 Å². The van der Waals surface area contributed by atoms with Gasteiger partial charge in [-0.2, -0.15) is 0 Å². The van der Waals surface area contributed by atoms with Crippen LogP contribution < -0.4 is 14.8 Å². The highest BCUT2D eigenvalue weighted by molar-refractivity contribution is 5.95. The van der Waals surface area contributed by atoms with Crippen molar-refractivity contribution in [3.8, 4) is 11.5 Å². The SMILES string of the molecule is O=C(NC1(c2ccc3c(c2)OCCO3)CC1)c1ccc(F)c(F)c1F. The zero-order valence-electron chi connectivity index (χ0n) is 13.1. The fourth-order valence-electron chi connectivity index (χ4n) is 2.94. The number of carbonyl (C=O) groups excluding carboxylic acids is 1. The van der Waals surface area contributed by atoms with Crippen molar-refractivity contribution in [1.29, 1.82) is 0 Å². The van der Waals surface area contributed by atoms with Crippen LogP contribution in [0.3, 0.4) is 0 Å². The van der Waals surface area contributed by atoms with Crippen LogP contribution in [0.1, 0.15) is 28.8 Å². The zero-order valence-corrected chi connectivity index (χ0v) is 13.1. The lowest BCUT2D eigenvalue weighted by molar-refractivity contribution is 0.0925. The van der Waals surface area contributed by atoms with Gasteiger partial charge in [-0.05, 0) is 42.7 Å². The Kier molecular flexibility index (Phi) is 3.59. The van der Waals surface area contributed by atoms with E-state index in [1.54, 1.807) is 12.1 Å². The summed E-state index contributed by atoms with van der Waals surface area (Å²) in [6, 6.07) is 7.01. The number of benzene rings is 2. The summed E-state index contributed by atoms with van der Waals surface area (Å²) in [5.74, 6) is -4.05. The summed E-state index contributed by atoms with van der Waals surface area (Å²) in [7, 11) is 0. The number of hydrogen-bond donors (Lipinski definition) is 1. The second-order valence-electron chi connectivity index (χ2n) is 6.12. The van der Waals surface area contributed by atoms with Crippen molar-refractivity contribution in [2.75, 3.05) is 13.2 Å². The lowest BCUT2D eigenvalue weighted by Crippen LogP contribution is -2.35. The van der Waals surface area contributed by atoms with Gasteiger partial charge in [0.15, 0.2) is 29.0 Å². The van der Waals surface area contributed by atoms with Crippen LogP contribution in [0.25, 0.3) is 0 Å². The van der Waals surface area contributed by atoms with Gasteiger partial charge in [0.2, 0.25) is 0 Å². The lowest BCUT2D eigenvalue weighted by Gasteiger charge is -2.23. The summed E-state index contributed by atoms with van der Waals surface area (Å²) in [4.78, 5) is 12.4. The maximum Gasteiger partial charge on any atom is 0.255 e. The molecular weight excluding hydrogens is 335 g/mol. The molecule has 0 unspecified atom stereocenters. The highest BCUT2D eigenvalue weighted by Gasteiger charge is 2.46. The highest BCUT2D eigenvalue weighted by Crippen LogP contribution is 2.48. The molecule has 4 rings (SSSR count). The van der Waals surface area contributed by atoms with Gasteiger partial charge in [0.1, 0.15) is 13.2 Å². The number of amides is 1. The van der Waals surface area contributed by atoms with Crippen LogP contribution in [0.5, 0.6) is 11.5 Å². The number of hydrogen-bond acceptors (Lipinski definition) is 3. The molecule has 1 saturated carbocycles. The van der Waals surface area contributed by atoms with E-state index in [4.69, 9.17) is 9.47 Å². The van der Waals surface area contributed by atoms with Crippen LogP contribution in [-0.4, -0.2) is 19.1 Å². The van der Waals surface area contributed by atoms with Crippen LogP contribution in [0.4, 0.5) is 13.2 Å². The normalized spacial score (nSPS) is 17.1. The van der Waals surface area contributed by atoms with Gasteiger partial charge in [-0.25, -0.2) is 13.2 Å². The van der Waals surface area contributed by atoms with Crippen molar-refractivity contribution in [2.45, 2.75) is 18.4 Å². The van der Waals surface area contributed by atoms with Gasteiger partial charge in [-0.15, -0.1) is 0 Å². The Balaban J connectivity index is 1.60. The number of nitrogens with one attached hydrogen (secondary N) is 1. The zero-order chi connectivity index (χ0) is 17.6. The summed E-state index contributed by atoms with van der Waals surface area (Å²) >= 11 is 0. The second kappa shape index (κ2) is 5.68. The molecule has 0 saturated heterocycles. The van der Waals surface area contributed by atoms with Crippen LogP contribution in [0, 0.1) is 17.5 Å². The minimum Gasteiger partial charge on any atom is -0.486 e. The van der Waals surface area contributed by atoms with E-state index in [0.717, 1.165) is 17.7 Å². The first-order chi connectivity index (χ1) is 12.0. The third kappa shape index (κ3) is 2.69. The molecule has 0 radical (unpaired) electrons. The standard InChI is InChI=1S/C18H14F3NO3/c19-12-3-2-11(15(20)16(12)21)17(23)22-18(5-6-18)10-1-4-13-14(9-10)25-8-7-24-13/h1-4,9H,5-8H2,(H,22,23). The summed E-state index contributed by atoms with van der Waals surface area (Å²) in [5.41, 5.74) is -0.389. The monoisotopic (exact) mass is 349 g/mol. The fourth-order valence-corrected chi connectivity index (χ4v) is 2.94. The second-order valence-corrected chi connectivity index (χ2v) is 6.12. The molecule has 1 N–H and O–H groups in total. The van der Waals surface area contributed by atoms with Crippen LogP contribution in [-0.2, 0) is 5.54 Å². The fraction of sp³-hybridized carbons (Fsp3) is 0.278. The summed E-state index contributed by atoms with van der Waals surface area (Å²) < 4.78 is 51.2. The Morgan fingerprint density at radius 3 is 2.40 bits per heavy atom. The lowest BCUT2D eigenvalue weighted by atomic mass is 10.0. The summed E-state index contributed by atoms with van der Waals surface area (Å²) in [6.07, 6.45) is 1.31. The predicted molar refractivity (Wildman–Crippen MR) is 82.1 cm³/mol. The van der Waals surface area contributed by atoms with Gasteiger partial charge in [0, 0.05) is 0 Å². The van der Waals surface area contributed by atoms with E-state index in [0.29, 0.717) is 37.6 Å². The summed E-state index contributed by atoms with van der Waals surface area (Å²) in [6.45, 7) is 0.916. The Labute approximate surface area is 141 Å². The average Bonchev–Trinajstić information content (AvgIpc) is 3.40. The van der Waals surface area contributed by atoms with E-state index >= 15 is 0 Å². The minimum absolute atomic E-state index is 0.440. The molecule has 0 spiro atoms. The molecule has 25 heavy (non-hydrogen) atoms. The number of carbonyl (C=O) groups is 1. The Morgan fingerprint density at radius 2 is 1.68 bits per heavy atom. The van der Waals surface area contributed by atoms with Crippen molar-refractivity contribution in [1.82, 2.24) is 5.32 Å². The van der Waals surface area contributed by atoms with Crippen LogP contribution >= 0.6 is 0 Å². The topological polar surface area (TPSA) is 47.6 Å². The van der Waals surface area contributed by atoms with Gasteiger partial charge in [-0.3, -0.25) is 4.79 Å². The maximum absolute atomic E-state index is 13.8. The smallest absolute Gasteiger partial charge is 0.255 e. The molecule has 7 heteroatoms. The average molecular weight is 349 g/mol. The van der Waals surface area contributed by atoms with Crippen molar-refractivity contribution >= 4 is 5.91 Å². The molecule has 1 heterocycles. The van der Waals surface area contributed by atoms with E-state index in [1.165, 1.54) is 0 Å². The van der Waals surface area contributed by atoms with Crippen LogP contribution in [0.15, 0.2) is 30.3 Å². The third-order valence-corrected chi connectivity index (χ3v) is 4.48. The molecule has 2 aromatic rings. The number of ether oxygens (including phenoxy) is 2. The Hall–Kier alpha value is -2.70. The molecule has 1 amide bonds. The maximum atomic E-state index is 13.8. The molecule has 130 valence electrons. The highest BCUT2D eigenvalue weighted by atomic mass is 19.2. The van der Waals surface area contributed by atoms with Gasteiger partial charge in [0.05, 0.1) is 11.1 Å². The number of rotatable bonds is 3. The predicted octanol–water partition coefficient (Wildman–Crippen LogP) is 3.29. The largest absolute Gasteiger partial charge is 0.486 e. The van der Waals surface area contributed by atoms with E-state index in [2.05, 4.69) is 5.32 Å². The van der Waals surface area contributed by atoms with Gasteiger partial charge < -0.3 is 14.8 Å². The first-order valence-corrected chi connectivity index (χ1v) is 7.86. The van der Waals surface area contributed by atoms with E-state index in [1.807, 2.05) is 6.07 Å². The van der Waals surface area contributed by atoms with Crippen molar-refractivity contribution < 1.29 is 27.4 Å². The van der Waals surface area contributed by atoms with Crippen molar-refractivity contribution in [2.24, 2.45) is 0 Å². The van der Waals surface area contributed by atoms with Gasteiger partial charge >= 0.3 is 0 Å². The van der Waals surface area contributed by atoms with Crippen molar-refractivity contribution in [3.05, 3.63) is 58.9 Å². The quantitative estimate of drug-likeness (QED) is 0.865. The summed E-state index contributed by atoms with van der Waals surface area (Å²) in [5, 5.41) is 2.73.